The Morgan fingerprint density at radius 1 is 1.00 bits per heavy atom. The van der Waals surface area contributed by atoms with E-state index in [1.54, 1.807) is 19.1 Å². The number of carbonyl (C=O) groups excluding carboxylic acids is 2. The van der Waals surface area contributed by atoms with Gasteiger partial charge in [-0.05, 0) is 56.3 Å². The minimum Gasteiger partial charge on any atom is -0.462 e. The summed E-state index contributed by atoms with van der Waals surface area (Å²) in [5, 5.41) is 0. The van der Waals surface area contributed by atoms with Crippen LogP contribution in [0.25, 0.3) is 6.08 Å². The maximum atomic E-state index is 12.3. The van der Waals surface area contributed by atoms with E-state index in [2.05, 4.69) is 4.90 Å². The molecule has 0 saturated carbocycles. The molecule has 0 bridgehead atoms. The van der Waals surface area contributed by atoms with Gasteiger partial charge in [-0.15, -0.1) is 0 Å². The summed E-state index contributed by atoms with van der Waals surface area (Å²) in [5.74, 6) is 1.59. The first-order valence-corrected chi connectivity index (χ1v) is 8.42. The molecule has 1 aliphatic rings. The lowest BCUT2D eigenvalue weighted by atomic mass is 10.1. The molecule has 0 N–H and O–H groups in total. The molecule has 1 fully saturated rings. The van der Waals surface area contributed by atoms with E-state index < -0.39 is 0 Å². The van der Waals surface area contributed by atoms with E-state index in [-0.39, 0.29) is 11.7 Å². The fourth-order valence-electron chi connectivity index (χ4n) is 2.89. The molecule has 1 saturated heterocycles. The van der Waals surface area contributed by atoms with Crippen molar-refractivity contribution in [2.45, 2.75) is 13.8 Å². The molecule has 0 spiro atoms. The Balaban J connectivity index is 1.55. The van der Waals surface area contributed by atoms with Crippen LogP contribution < -0.4 is 4.90 Å². The molecule has 1 aliphatic heterocycles. The molecule has 25 heavy (non-hydrogen) atoms. The van der Waals surface area contributed by atoms with Crippen LogP contribution >= 0.6 is 0 Å². The molecule has 0 aliphatic carbocycles. The third kappa shape index (κ3) is 4.18. The molecule has 2 aromatic rings. The highest BCUT2D eigenvalue weighted by molar-refractivity contribution is 5.94. The summed E-state index contributed by atoms with van der Waals surface area (Å²) in [6.07, 6.45) is 3.28. The SMILES string of the molecule is CC(=O)c1ccc(N2CCN(C(=O)/C=C\c3ccc(C)o3)CC2)cc1. The Morgan fingerprint density at radius 2 is 1.68 bits per heavy atom. The normalized spacial score (nSPS) is 15.0. The van der Waals surface area contributed by atoms with E-state index in [4.69, 9.17) is 4.42 Å². The number of amides is 1. The van der Waals surface area contributed by atoms with Crippen LogP contribution in [0.4, 0.5) is 5.69 Å². The van der Waals surface area contributed by atoms with Gasteiger partial charge in [0, 0.05) is 43.5 Å². The summed E-state index contributed by atoms with van der Waals surface area (Å²) < 4.78 is 5.43. The van der Waals surface area contributed by atoms with Crippen LogP contribution in [-0.2, 0) is 4.79 Å². The monoisotopic (exact) mass is 338 g/mol. The van der Waals surface area contributed by atoms with Crippen LogP contribution in [0.15, 0.2) is 46.9 Å². The zero-order valence-electron chi connectivity index (χ0n) is 14.6. The van der Waals surface area contributed by atoms with Gasteiger partial charge >= 0.3 is 0 Å². The number of furan rings is 1. The van der Waals surface area contributed by atoms with Crippen molar-refractivity contribution in [3.05, 3.63) is 59.6 Å². The molecule has 5 heteroatoms. The fourth-order valence-corrected chi connectivity index (χ4v) is 2.89. The van der Waals surface area contributed by atoms with Crippen molar-refractivity contribution in [1.29, 1.82) is 0 Å². The summed E-state index contributed by atoms with van der Waals surface area (Å²) in [4.78, 5) is 27.7. The highest BCUT2D eigenvalue weighted by Crippen LogP contribution is 2.18. The second-order valence-corrected chi connectivity index (χ2v) is 6.20. The minimum absolute atomic E-state index is 0.000584. The van der Waals surface area contributed by atoms with Crippen LogP contribution in [0.5, 0.6) is 0 Å². The van der Waals surface area contributed by atoms with Crippen LogP contribution in [0.3, 0.4) is 0 Å². The quantitative estimate of drug-likeness (QED) is 0.635. The molecule has 0 radical (unpaired) electrons. The number of rotatable bonds is 4. The summed E-state index contributed by atoms with van der Waals surface area (Å²) in [6.45, 7) is 6.35. The summed E-state index contributed by atoms with van der Waals surface area (Å²) >= 11 is 0. The first-order chi connectivity index (χ1) is 12.0. The Morgan fingerprint density at radius 3 is 2.24 bits per heavy atom. The average Bonchev–Trinajstić information content (AvgIpc) is 3.05. The molecule has 0 atom stereocenters. The van der Waals surface area contributed by atoms with Crippen molar-refractivity contribution in [3.8, 4) is 0 Å². The standard InChI is InChI=1S/C20H22N2O3/c1-15-3-8-19(25-15)9-10-20(24)22-13-11-21(12-14-22)18-6-4-17(5-7-18)16(2)23/h3-10H,11-14H2,1-2H3/b10-9-. The Labute approximate surface area is 147 Å². The summed E-state index contributed by atoms with van der Waals surface area (Å²) in [5.41, 5.74) is 1.80. The highest BCUT2D eigenvalue weighted by Gasteiger charge is 2.20. The van der Waals surface area contributed by atoms with Crippen molar-refractivity contribution < 1.29 is 14.0 Å². The number of aryl methyl sites for hydroxylation is 1. The van der Waals surface area contributed by atoms with Gasteiger partial charge in [0.1, 0.15) is 11.5 Å². The predicted molar refractivity (Wildman–Crippen MR) is 97.7 cm³/mol. The minimum atomic E-state index is 0.000584. The second kappa shape index (κ2) is 7.38. The summed E-state index contributed by atoms with van der Waals surface area (Å²) in [6, 6.07) is 11.4. The molecule has 5 nitrogen and oxygen atoms in total. The Kier molecular flexibility index (Phi) is 5.03. The van der Waals surface area contributed by atoms with E-state index in [1.807, 2.05) is 48.2 Å². The molecule has 1 aromatic carbocycles. The molecule has 1 aromatic heterocycles. The van der Waals surface area contributed by atoms with E-state index >= 15 is 0 Å². The number of carbonyl (C=O) groups is 2. The molecule has 0 unspecified atom stereocenters. The number of Topliss-reactive ketones (excluding diaryl/α,β-unsaturated/α-hetero) is 1. The van der Waals surface area contributed by atoms with Gasteiger partial charge in [-0.1, -0.05) is 0 Å². The van der Waals surface area contributed by atoms with Gasteiger partial charge < -0.3 is 14.2 Å². The lowest BCUT2D eigenvalue weighted by Crippen LogP contribution is -2.48. The fraction of sp³-hybridized carbons (Fsp3) is 0.300. The van der Waals surface area contributed by atoms with Crippen molar-refractivity contribution in [1.82, 2.24) is 4.90 Å². The number of piperazine rings is 1. The number of nitrogens with zero attached hydrogens (tertiary/aromatic N) is 2. The van der Waals surface area contributed by atoms with Crippen molar-refractivity contribution >= 4 is 23.5 Å². The van der Waals surface area contributed by atoms with Crippen molar-refractivity contribution in [2.75, 3.05) is 31.1 Å². The largest absolute Gasteiger partial charge is 0.462 e. The highest BCUT2D eigenvalue weighted by atomic mass is 16.3. The van der Waals surface area contributed by atoms with Gasteiger partial charge in [0.15, 0.2) is 5.78 Å². The number of hydrogen-bond acceptors (Lipinski definition) is 4. The lowest BCUT2D eigenvalue weighted by molar-refractivity contribution is -0.126. The van der Waals surface area contributed by atoms with Gasteiger partial charge in [0.2, 0.25) is 5.91 Å². The predicted octanol–water partition coefficient (Wildman–Crippen LogP) is 3.15. The van der Waals surface area contributed by atoms with Gasteiger partial charge in [-0.3, -0.25) is 9.59 Å². The molecular weight excluding hydrogens is 316 g/mol. The zero-order valence-corrected chi connectivity index (χ0v) is 14.6. The van der Waals surface area contributed by atoms with Crippen LogP contribution in [0.1, 0.15) is 28.8 Å². The number of ketones is 1. The maximum absolute atomic E-state index is 12.3. The molecule has 130 valence electrons. The average molecular weight is 338 g/mol. The molecule has 2 heterocycles. The topological polar surface area (TPSA) is 53.8 Å². The molecule has 3 rings (SSSR count). The molecule has 1 amide bonds. The first kappa shape index (κ1) is 17.0. The molecular formula is C20H22N2O3. The second-order valence-electron chi connectivity index (χ2n) is 6.20. The van der Waals surface area contributed by atoms with Crippen LogP contribution in [-0.4, -0.2) is 42.8 Å². The Hall–Kier alpha value is -2.82. The first-order valence-electron chi connectivity index (χ1n) is 8.42. The van der Waals surface area contributed by atoms with Gasteiger partial charge in [-0.2, -0.15) is 0 Å². The number of hydrogen-bond donors (Lipinski definition) is 0. The smallest absolute Gasteiger partial charge is 0.246 e. The summed E-state index contributed by atoms with van der Waals surface area (Å²) in [7, 11) is 0. The van der Waals surface area contributed by atoms with Crippen molar-refractivity contribution in [2.24, 2.45) is 0 Å². The van der Waals surface area contributed by atoms with Gasteiger partial charge in [-0.25, -0.2) is 0 Å². The number of anilines is 1. The van der Waals surface area contributed by atoms with Gasteiger partial charge in [0.25, 0.3) is 0 Å². The number of benzene rings is 1. The van der Waals surface area contributed by atoms with E-state index in [0.717, 1.165) is 30.1 Å². The van der Waals surface area contributed by atoms with Crippen LogP contribution in [0, 0.1) is 6.92 Å². The van der Waals surface area contributed by atoms with Crippen molar-refractivity contribution in [3.63, 3.8) is 0 Å². The zero-order chi connectivity index (χ0) is 17.8. The lowest BCUT2D eigenvalue weighted by Gasteiger charge is -2.35. The maximum Gasteiger partial charge on any atom is 0.246 e. The van der Waals surface area contributed by atoms with E-state index in [1.165, 1.54) is 0 Å². The van der Waals surface area contributed by atoms with E-state index in [0.29, 0.717) is 18.8 Å². The van der Waals surface area contributed by atoms with E-state index in [9.17, 15) is 9.59 Å². The third-order valence-electron chi connectivity index (χ3n) is 4.38. The van der Waals surface area contributed by atoms with Crippen LogP contribution in [0.2, 0.25) is 0 Å². The Bertz CT molecular complexity index is 782. The van der Waals surface area contributed by atoms with Gasteiger partial charge in [0.05, 0.1) is 0 Å². The third-order valence-corrected chi connectivity index (χ3v) is 4.38.